The lowest BCUT2D eigenvalue weighted by Gasteiger charge is -2.12. The maximum atomic E-state index is 12.9. The molecule has 23 heavy (non-hydrogen) atoms. The van der Waals surface area contributed by atoms with Gasteiger partial charge >= 0.3 is 6.03 Å². The molecular formula is C15H17FN4O2S. The molecule has 3 rings (SSSR count). The molecule has 0 spiro atoms. The van der Waals surface area contributed by atoms with Crippen LogP contribution in [-0.2, 0) is 6.42 Å². The Morgan fingerprint density at radius 2 is 2.04 bits per heavy atom. The van der Waals surface area contributed by atoms with E-state index in [1.807, 2.05) is 0 Å². The fourth-order valence-electron chi connectivity index (χ4n) is 2.13. The highest BCUT2D eigenvalue weighted by Crippen LogP contribution is 2.44. The lowest BCUT2D eigenvalue weighted by Crippen LogP contribution is -2.35. The fourth-order valence-corrected chi connectivity index (χ4v) is 2.90. The van der Waals surface area contributed by atoms with Crippen LogP contribution in [0.4, 0.5) is 14.3 Å². The number of benzene rings is 1. The van der Waals surface area contributed by atoms with E-state index in [4.69, 9.17) is 0 Å². The number of nitrogens with zero attached hydrogens (tertiary/aromatic N) is 2. The number of rotatable bonds is 6. The highest BCUT2D eigenvalue weighted by atomic mass is 32.1. The summed E-state index contributed by atoms with van der Waals surface area (Å²) in [5, 5.41) is 23.7. The van der Waals surface area contributed by atoms with E-state index < -0.39 is 0 Å². The topological polar surface area (TPSA) is 87.1 Å². The fraction of sp³-hybridized carbons (Fsp3) is 0.400. The van der Waals surface area contributed by atoms with Crippen LogP contribution >= 0.6 is 11.3 Å². The second-order valence-corrected chi connectivity index (χ2v) is 6.83. The molecule has 1 aromatic carbocycles. The minimum atomic E-state index is -0.353. The highest BCUT2D eigenvalue weighted by Gasteiger charge is 2.42. The Morgan fingerprint density at radius 1 is 1.30 bits per heavy atom. The zero-order valence-corrected chi connectivity index (χ0v) is 13.2. The van der Waals surface area contributed by atoms with Crippen LogP contribution in [0, 0.1) is 11.2 Å². The molecule has 0 radical (unpaired) electrons. The predicted molar refractivity (Wildman–Crippen MR) is 84.9 cm³/mol. The average molecular weight is 336 g/mol. The van der Waals surface area contributed by atoms with E-state index >= 15 is 0 Å². The first-order valence-electron chi connectivity index (χ1n) is 7.31. The Bertz CT molecular complexity index is 685. The molecular weight excluding hydrogens is 319 g/mol. The Morgan fingerprint density at radius 3 is 2.70 bits per heavy atom. The first-order valence-corrected chi connectivity index (χ1v) is 8.13. The number of hydrogen-bond acceptors (Lipinski definition) is 5. The number of halogens is 1. The van der Waals surface area contributed by atoms with Gasteiger partial charge in [0.1, 0.15) is 10.8 Å². The zero-order valence-electron chi connectivity index (χ0n) is 12.4. The molecule has 1 aliphatic carbocycles. The number of aliphatic hydroxyl groups is 1. The third-order valence-electron chi connectivity index (χ3n) is 3.87. The summed E-state index contributed by atoms with van der Waals surface area (Å²) in [7, 11) is 0. The Kier molecular flexibility index (Phi) is 4.53. The molecule has 122 valence electrons. The molecule has 0 atom stereocenters. The van der Waals surface area contributed by atoms with Crippen LogP contribution in [-0.4, -0.2) is 34.5 Å². The minimum absolute atomic E-state index is 0.0912. The van der Waals surface area contributed by atoms with Gasteiger partial charge in [-0.25, -0.2) is 9.18 Å². The van der Waals surface area contributed by atoms with Crippen molar-refractivity contribution in [2.24, 2.45) is 5.41 Å². The van der Waals surface area contributed by atoms with Crippen LogP contribution in [0.15, 0.2) is 24.3 Å². The number of carbonyl (C=O) groups excluding carboxylic acids is 1. The van der Waals surface area contributed by atoms with Crippen LogP contribution < -0.4 is 10.6 Å². The Hall–Kier alpha value is -2.06. The van der Waals surface area contributed by atoms with E-state index in [-0.39, 0.29) is 23.9 Å². The quantitative estimate of drug-likeness (QED) is 0.754. The number of anilines is 1. The van der Waals surface area contributed by atoms with Gasteiger partial charge in [0.2, 0.25) is 5.13 Å². The predicted octanol–water partition coefficient (Wildman–Crippen LogP) is 2.16. The second kappa shape index (κ2) is 6.59. The molecule has 1 aromatic heterocycles. The summed E-state index contributed by atoms with van der Waals surface area (Å²) >= 11 is 1.28. The van der Waals surface area contributed by atoms with Crippen molar-refractivity contribution in [2.45, 2.75) is 19.3 Å². The lowest BCUT2D eigenvalue weighted by molar-refractivity contribution is 0.206. The van der Waals surface area contributed by atoms with E-state index in [1.54, 1.807) is 12.1 Å². The number of hydrogen-bond donors (Lipinski definition) is 3. The third-order valence-corrected chi connectivity index (χ3v) is 4.71. The summed E-state index contributed by atoms with van der Waals surface area (Å²) < 4.78 is 12.9. The molecule has 2 aromatic rings. The van der Waals surface area contributed by atoms with Gasteiger partial charge in [-0.2, -0.15) is 0 Å². The van der Waals surface area contributed by atoms with Crippen molar-refractivity contribution in [2.75, 3.05) is 18.5 Å². The highest BCUT2D eigenvalue weighted by molar-refractivity contribution is 7.15. The monoisotopic (exact) mass is 336 g/mol. The zero-order chi connectivity index (χ0) is 16.3. The molecule has 0 aliphatic heterocycles. The van der Waals surface area contributed by atoms with Crippen LogP contribution in [0.5, 0.6) is 0 Å². The van der Waals surface area contributed by atoms with Crippen LogP contribution in [0.2, 0.25) is 0 Å². The minimum Gasteiger partial charge on any atom is -0.396 e. The van der Waals surface area contributed by atoms with Gasteiger partial charge in [-0.15, -0.1) is 10.2 Å². The molecule has 1 fully saturated rings. The van der Waals surface area contributed by atoms with Crippen LogP contribution in [0.3, 0.4) is 0 Å². The number of nitrogens with one attached hydrogen (secondary N) is 2. The summed E-state index contributed by atoms with van der Waals surface area (Å²) in [5.41, 5.74) is 0.795. The van der Waals surface area contributed by atoms with Gasteiger partial charge < -0.3 is 10.4 Å². The van der Waals surface area contributed by atoms with Gasteiger partial charge in [0.25, 0.3) is 0 Å². The molecule has 1 aliphatic rings. The Balaban J connectivity index is 1.50. The van der Waals surface area contributed by atoms with Gasteiger partial charge in [0, 0.05) is 18.4 Å². The summed E-state index contributed by atoms with van der Waals surface area (Å²) in [6.07, 6.45) is 2.41. The molecule has 1 saturated carbocycles. The van der Waals surface area contributed by atoms with Gasteiger partial charge in [-0.05, 0) is 30.5 Å². The summed E-state index contributed by atoms with van der Waals surface area (Å²) in [5.74, 6) is -0.277. The van der Waals surface area contributed by atoms with Gasteiger partial charge in [-0.1, -0.05) is 23.5 Å². The van der Waals surface area contributed by atoms with Crippen molar-refractivity contribution in [1.29, 1.82) is 0 Å². The average Bonchev–Trinajstić information content (AvgIpc) is 3.21. The summed E-state index contributed by atoms with van der Waals surface area (Å²) in [6.45, 7) is 0.546. The molecule has 0 saturated heterocycles. The molecule has 3 N–H and O–H groups in total. The summed E-state index contributed by atoms with van der Waals surface area (Å²) in [6, 6.07) is 5.84. The van der Waals surface area contributed by atoms with Crippen molar-refractivity contribution in [3.8, 4) is 0 Å². The molecule has 2 amide bonds. The van der Waals surface area contributed by atoms with Crippen LogP contribution in [0.25, 0.3) is 0 Å². The first-order chi connectivity index (χ1) is 11.1. The SMILES string of the molecule is O=C(NCC1(CO)CC1)Nc1nnc(Cc2ccc(F)cc2)s1. The summed E-state index contributed by atoms with van der Waals surface area (Å²) in [4.78, 5) is 11.8. The number of urea groups is 1. The van der Waals surface area contributed by atoms with E-state index in [2.05, 4.69) is 20.8 Å². The lowest BCUT2D eigenvalue weighted by atomic mass is 10.1. The smallest absolute Gasteiger partial charge is 0.321 e. The number of carbonyl (C=O) groups is 1. The molecule has 8 heteroatoms. The Labute approximate surface area is 136 Å². The standard InChI is InChI=1S/C15H17FN4O2S/c16-11-3-1-10(2-4-11)7-12-19-20-14(23-12)18-13(22)17-8-15(9-21)5-6-15/h1-4,21H,5-9H2,(H2,17,18,20,22). The van der Waals surface area contributed by atoms with E-state index in [0.29, 0.717) is 18.1 Å². The normalized spacial score (nSPS) is 15.2. The van der Waals surface area contributed by atoms with Crippen molar-refractivity contribution in [1.82, 2.24) is 15.5 Å². The van der Waals surface area contributed by atoms with Gasteiger partial charge in [0.15, 0.2) is 0 Å². The largest absolute Gasteiger partial charge is 0.396 e. The van der Waals surface area contributed by atoms with E-state index in [9.17, 15) is 14.3 Å². The molecule has 0 unspecified atom stereocenters. The van der Waals surface area contributed by atoms with Crippen molar-refractivity contribution in [3.05, 3.63) is 40.7 Å². The number of aliphatic hydroxyl groups excluding tert-OH is 1. The van der Waals surface area contributed by atoms with Crippen molar-refractivity contribution >= 4 is 22.5 Å². The molecule has 6 nitrogen and oxygen atoms in total. The first kappa shape index (κ1) is 15.8. The number of amides is 2. The third kappa shape index (κ3) is 4.23. The van der Waals surface area contributed by atoms with Crippen molar-refractivity contribution < 1.29 is 14.3 Å². The second-order valence-electron chi connectivity index (χ2n) is 5.77. The van der Waals surface area contributed by atoms with Gasteiger partial charge in [-0.3, -0.25) is 5.32 Å². The maximum Gasteiger partial charge on any atom is 0.321 e. The maximum absolute atomic E-state index is 12.9. The van der Waals surface area contributed by atoms with Crippen LogP contribution in [0.1, 0.15) is 23.4 Å². The van der Waals surface area contributed by atoms with Gasteiger partial charge in [0.05, 0.1) is 6.61 Å². The molecule has 0 bridgehead atoms. The number of aromatic nitrogens is 2. The van der Waals surface area contributed by atoms with E-state index in [1.165, 1.54) is 23.5 Å². The molecule has 1 heterocycles. The van der Waals surface area contributed by atoms with E-state index in [0.717, 1.165) is 23.4 Å². The van der Waals surface area contributed by atoms with Crippen molar-refractivity contribution in [3.63, 3.8) is 0 Å².